The van der Waals surface area contributed by atoms with Crippen LogP contribution in [0.3, 0.4) is 0 Å². The Kier molecular flexibility index (Phi) is 5.24. The normalized spacial score (nSPS) is 20.4. The lowest BCUT2D eigenvalue weighted by atomic mass is 10.1. The van der Waals surface area contributed by atoms with Crippen LogP contribution in [0.15, 0.2) is 35.7 Å². The molecule has 1 aliphatic rings. The van der Waals surface area contributed by atoms with Crippen molar-refractivity contribution in [2.24, 2.45) is 0 Å². The Balaban J connectivity index is 1.59. The van der Waals surface area contributed by atoms with E-state index in [1.165, 1.54) is 29.1 Å². The molecule has 0 spiro atoms. The number of hydrogen-bond acceptors (Lipinski definition) is 4. The summed E-state index contributed by atoms with van der Waals surface area (Å²) in [5.74, 6) is 0. The summed E-state index contributed by atoms with van der Waals surface area (Å²) in [6, 6.07) is 11.0. The molecule has 1 aromatic heterocycles. The Hall–Kier alpha value is -1.23. The summed E-state index contributed by atoms with van der Waals surface area (Å²) in [7, 11) is 0. The van der Waals surface area contributed by atoms with Gasteiger partial charge in [-0.3, -0.25) is 4.90 Å². The molecule has 1 N–H and O–H groups in total. The summed E-state index contributed by atoms with van der Waals surface area (Å²) >= 11 is 1.76. The molecule has 1 fully saturated rings. The van der Waals surface area contributed by atoms with Crippen molar-refractivity contribution in [3.63, 3.8) is 0 Å². The molecule has 0 bridgehead atoms. The predicted octanol–water partition coefficient (Wildman–Crippen LogP) is 3.47. The van der Waals surface area contributed by atoms with Crippen LogP contribution in [-0.4, -0.2) is 33.7 Å². The minimum Gasteiger partial charge on any atom is -0.393 e. The number of thiazole rings is 1. The van der Waals surface area contributed by atoms with Crippen molar-refractivity contribution >= 4 is 11.3 Å². The topological polar surface area (TPSA) is 36.4 Å². The minimum atomic E-state index is -0.213. The zero-order valence-corrected chi connectivity index (χ0v) is 13.9. The van der Waals surface area contributed by atoms with Crippen molar-refractivity contribution in [2.45, 2.75) is 51.3 Å². The molecular weight excluding hydrogens is 292 g/mol. The second kappa shape index (κ2) is 7.36. The van der Waals surface area contributed by atoms with E-state index < -0.39 is 0 Å². The Bertz CT molecular complexity index is 582. The van der Waals surface area contributed by atoms with Gasteiger partial charge in [-0.15, -0.1) is 11.3 Å². The smallest absolute Gasteiger partial charge is 0.0972 e. The molecule has 2 aromatic rings. The number of nitrogens with zero attached hydrogens (tertiary/aromatic N) is 2. The highest BCUT2D eigenvalue weighted by Crippen LogP contribution is 2.24. The Morgan fingerprint density at radius 3 is 2.95 bits per heavy atom. The third-order valence-electron chi connectivity index (χ3n) is 4.27. The van der Waals surface area contributed by atoms with E-state index >= 15 is 0 Å². The van der Waals surface area contributed by atoms with Gasteiger partial charge in [0, 0.05) is 24.4 Å². The molecule has 3 nitrogen and oxygen atoms in total. The molecule has 22 heavy (non-hydrogen) atoms. The van der Waals surface area contributed by atoms with E-state index in [1.807, 2.05) is 13.0 Å². The van der Waals surface area contributed by atoms with E-state index in [1.54, 1.807) is 11.3 Å². The first-order chi connectivity index (χ1) is 10.7. The molecule has 2 unspecified atom stereocenters. The van der Waals surface area contributed by atoms with Crippen molar-refractivity contribution in [1.82, 2.24) is 9.88 Å². The van der Waals surface area contributed by atoms with E-state index in [-0.39, 0.29) is 6.10 Å². The molecule has 0 aliphatic carbocycles. The number of aliphatic hydroxyl groups is 1. The number of likely N-dealkylation sites (tertiary alicyclic amines) is 1. The monoisotopic (exact) mass is 316 g/mol. The van der Waals surface area contributed by atoms with E-state index in [9.17, 15) is 5.11 Å². The highest BCUT2D eigenvalue weighted by Gasteiger charge is 2.26. The van der Waals surface area contributed by atoms with Gasteiger partial charge >= 0.3 is 0 Å². The maximum Gasteiger partial charge on any atom is 0.0972 e. The summed E-state index contributed by atoms with van der Waals surface area (Å²) in [6.07, 6.45) is 4.02. The molecule has 2 atom stereocenters. The number of aliphatic hydroxyl groups excluding tert-OH is 1. The fraction of sp³-hybridized carbons (Fsp3) is 0.500. The van der Waals surface area contributed by atoms with Crippen LogP contribution in [0.4, 0.5) is 0 Å². The number of benzene rings is 1. The molecule has 1 aliphatic heterocycles. The lowest BCUT2D eigenvalue weighted by Gasteiger charge is -2.24. The molecule has 1 saturated heterocycles. The fourth-order valence-electron chi connectivity index (χ4n) is 3.25. The van der Waals surface area contributed by atoms with Crippen LogP contribution < -0.4 is 0 Å². The quantitative estimate of drug-likeness (QED) is 0.886. The first-order valence-electron chi connectivity index (χ1n) is 8.10. The molecule has 118 valence electrons. The summed E-state index contributed by atoms with van der Waals surface area (Å²) < 4.78 is 0. The van der Waals surface area contributed by atoms with Gasteiger partial charge in [-0.1, -0.05) is 30.3 Å². The summed E-state index contributed by atoms with van der Waals surface area (Å²) in [6.45, 7) is 3.93. The van der Waals surface area contributed by atoms with Crippen molar-refractivity contribution in [1.29, 1.82) is 0 Å². The predicted molar refractivity (Wildman–Crippen MR) is 91.1 cm³/mol. The van der Waals surface area contributed by atoms with Crippen LogP contribution in [0.2, 0.25) is 0 Å². The van der Waals surface area contributed by atoms with Gasteiger partial charge in [0.1, 0.15) is 0 Å². The SMILES string of the molecule is CC(O)CC1CCCN1Cc1csc(Cc2ccccc2)n1. The summed E-state index contributed by atoms with van der Waals surface area (Å²) in [5, 5.41) is 13.0. The first kappa shape index (κ1) is 15.7. The number of rotatable bonds is 6. The second-order valence-corrected chi connectivity index (χ2v) is 7.19. The molecule has 0 radical (unpaired) electrons. The van der Waals surface area contributed by atoms with E-state index in [2.05, 4.69) is 34.5 Å². The second-order valence-electron chi connectivity index (χ2n) is 6.25. The first-order valence-corrected chi connectivity index (χ1v) is 8.98. The molecule has 4 heteroatoms. The number of aromatic nitrogens is 1. The number of hydrogen-bond donors (Lipinski definition) is 1. The van der Waals surface area contributed by atoms with Crippen molar-refractivity contribution in [3.05, 3.63) is 52.0 Å². The van der Waals surface area contributed by atoms with E-state index in [0.717, 1.165) is 25.9 Å². The summed E-state index contributed by atoms with van der Waals surface area (Å²) in [4.78, 5) is 7.28. The van der Waals surface area contributed by atoms with Gasteiger partial charge in [-0.05, 0) is 38.3 Å². The highest BCUT2D eigenvalue weighted by atomic mass is 32.1. The van der Waals surface area contributed by atoms with Gasteiger partial charge < -0.3 is 5.11 Å². The fourth-order valence-corrected chi connectivity index (χ4v) is 4.06. The van der Waals surface area contributed by atoms with Gasteiger partial charge in [-0.2, -0.15) is 0 Å². The van der Waals surface area contributed by atoms with Crippen molar-refractivity contribution in [3.8, 4) is 0 Å². The Morgan fingerprint density at radius 2 is 2.18 bits per heavy atom. The standard InChI is InChI=1S/C18H24N2OS/c1-14(21)10-17-8-5-9-20(17)12-16-13-22-18(19-16)11-15-6-3-2-4-7-15/h2-4,6-7,13-14,17,21H,5,8-12H2,1H3. The summed E-state index contributed by atoms with van der Waals surface area (Å²) in [5.41, 5.74) is 2.49. The van der Waals surface area contributed by atoms with Crippen molar-refractivity contribution < 1.29 is 5.11 Å². The largest absolute Gasteiger partial charge is 0.393 e. The van der Waals surface area contributed by atoms with Crippen LogP contribution in [0.1, 0.15) is 42.5 Å². The zero-order chi connectivity index (χ0) is 15.4. The minimum absolute atomic E-state index is 0.213. The molecule has 1 aromatic carbocycles. The van der Waals surface area contributed by atoms with Gasteiger partial charge in [0.2, 0.25) is 0 Å². The maximum absolute atomic E-state index is 9.62. The van der Waals surface area contributed by atoms with Gasteiger partial charge in [0.05, 0.1) is 16.8 Å². The van der Waals surface area contributed by atoms with E-state index in [0.29, 0.717) is 6.04 Å². The Labute approximate surface area is 136 Å². The molecule has 3 rings (SSSR count). The zero-order valence-electron chi connectivity index (χ0n) is 13.1. The lowest BCUT2D eigenvalue weighted by molar-refractivity contribution is 0.130. The van der Waals surface area contributed by atoms with Gasteiger partial charge in [-0.25, -0.2) is 4.98 Å². The molecule has 0 amide bonds. The molecule has 0 saturated carbocycles. The van der Waals surface area contributed by atoms with Crippen LogP contribution in [0.5, 0.6) is 0 Å². The highest BCUT2D eigenvalue weighted by molar-refractivity contribution is 7.09. The molecule has 2 heterocycles. The third kappa shape index (κ3) is 4.15. The van der Waals surface area contributed by atoms with Crippen LogP contribution in [0.25, 0.3) is 0 Å². The third-order valence-corrected chi connectivity index (χ3v) is 5.17. The Morgan fingerprint density at radius 1 is 1.36 bits per heavy atom. The van der Waals surface area contributed by atoms with Crippen molar-refractivity contribution in [2.75, 3.05) is 6.54 Å². The van der Waals surface area contributed by atoms with Gasteiger partial charge in [0.15, 0.2) is 0 Å². The van der Waals surface area contributed by atoms with E-state index in [4.69, 9.17) is 4.98 Å². The van der Waals surface area contributed by atoms with Crippen LogP contribution in [0, 0.1) is 0 Å². The van der Waals surface area contributed by atoms with Crippen LogP contribution in [-0.2, 0) is 13.0 Å². The maximum atomic E-state index is 9.62. The van der Waals surface area contributed by atoms with Gasteiger partial charge in [0.25, 0.3) is 0 Å². The lowest BCUT2D eigenvalue weighted by Crippen LogP contribution is -2.31. The molecular formula is C18H24N2OS. The average Bonchev–Trinajstić information content (AvgIpc) is 3.10. The van der Waals surface area contributed by atoms with Crippen LogP contribution >= 0.6 is 11.3 Å². The average molecular weight is 316 g/mol.